The van der Waals surface area contributed by atoms with E-state index in [1.807, 2.05) is 0 Å². The maximum Gasteiger partial charge on any atom is 0.416 e. The number of aromatic amines is 1. The fourth-order valence-corrected chi connectivity index (χ4v) is 1.98. The SMILES string of the molecule is Nc1nc(NCc2ccc(C(F)(F)F)cc2)c2cn[nH]c2n1. The van der Waals surface area contributed by atoms with Gasteiger partial charge in [0, 0.05) is 6.54 Å². The summed E-state index contributed by atoms with van der Waals surface area (Å²) in [6, 6.07) is 4.90. The molecule has 0 saturated carbocycles. The Morgan fingerprint density at radius 2 is 1.86 bits per heavy atom. The van der Waals surface area contributed by atoms with Crippen LogP contribution in [0.1, 0.15) is 11.1 Å². The van der Waals surface area contributed by atoms with E-state index in [-0.39, 0.29) is 5.95 Å². The van der Waals surface area contributed by atoms with E-state index in [9.17, 15) is 13.2 Å². The van der Waals surface area contributed by atoms with Crippen molar-refractivity contribution < 1.29 is 13.2 Å². The summed E-state index contributed by atoms with van der Waals surface area (Å²) in [7, 11) is 0. The van der Waals surface area contributed by atoms with Crippen LogP contribution in [0.3, 0.4) is 0 Å². The van der Waals surface area contributed by atoms with Crippen molar-refractivity contribution in [3.8, 4) is 0 Å². The van der Waals surface area contributed by atoms with E-state index in [0.717, 1.165) is 12.1 Å². The lowest BCUT2D eigenvalue weighted by Crippen LogP contribution is -2.07. The first-order valence-electron chi connectivity index (χ1n) is 6.30. The molecule has 0 atom stereocenters. The molecule has 0 amide bonds. The molecule has 0 aliphatic rings. The first-order valence-corrected chi connectivity index (χ1v) is 6.30. The maximum absolute atomic E-state index is 12.5. The Morgan fingerprint density at radius 3 is 2.55 bits per heavy atom. The van der Waals surface area contributed by atoms with Crippen LogP contribution < -0.4 is 11.1 Å². The fraction of sp³-hybridized carbons (Fsp3) is 0.154. The summed E-state index contributed by atoms with van der Waals surface area (Å²) in [5, 5.41) is 10.2. The van der Waals surface area contributed by atoms with E-state index in [2.05, 4.69) is 25.5 Å². The van der Waals surface area contributed by atoms with Gasteiger partial charge < -0.3 is 11.1 Å². The topological polar surface area (TPSA) is 92.5 Å². The molecular weight excluding hydrogens is 297 g/mol. The number of alkyl halides is 3. The fourth-order valence-electron chi connectivity index (χ4n) is 1.98. The number of benzene rings is 1. The van der Waals surface area contributed by atoms with E-state index in [1.165, 1.54) is 12.1 Å². The Labute approximate surface area is 122 Å². The largest absolute Gasteiger partial charge is 0.416 e. The molecule has 0 fully saturated rings. The zero-order valence-electron chi connectivity index (χ0n) is 11.1. The Bertz CT molecular complexity index is 794. The van der Waals surface area contributed by atoms with Crippen molar-refractivity contribution >= 4 is 22.8 Å². The number of fused-ring (bicyclic) bond motifs is 1. The Morgan fingerprint density at radius 1 is 1.14 bits per heavy atom. The zero-order valence-corrected chi connectivity index (χ0v) is 11.1. The maximum atomic E-state index is 12.5. The minimum absolute atomic E-state index is 0.0756. The standard InChI is InChI=1S/C13H11F3N6/c14-13(15,16)8-3-1-7(2-4-8)5-18-10-9-6-19-22-11(9)21-12(17)20-10/h1-4,6H,5H2,(H4,17,18,19,20,21,22). The van der Waals surface area contributed by atoms with Gasteiger partial charge in [0.1, 0.15) is 5.82 Å². The summed E-state index contributed by atoms with van der Waals surface area (Å²) in [6.45, 7) is 0.300. The Kier molecular flexibility index (Phi) is 3.32. The van der Waals surface area contributed by atoms with E-state index in [1.54, 1.807) is 6.20 Å². The quantitative estimate of drug-likeness (QED) is 0.691. The highest BCUT2D eigenvalue weighted by molar-refractivity contribution is 5.86. The molecule has 0 radical (unpaired) electrons. The second kappa shape index (κ2) is 5.17. The number of hydrogen-bond acceptors (Lipinski definition) is 5. The van der Waals surface area contributed by atoms with Crippen LogP contribution in [-0.2, 0) is 12.7 Å². The monoisotopic (exact) mass is 308 g/mol. The second-order valence-corrected chi connectivity index (χ2v) is 4.61. The lowest BCUT2D eigenvalue weighted by molar-refractivity contribution is -0.137. The van der Waals surface area contributed by atoms with Crippen LogP contribution in [0.15, 0.2) is 30.5 Å². The van der Waals surface area contributed by atoms with E-state index < -0.39 is 11.7 Å². The van der Waals surface area contributed by atoms with Crippen molar-refractivity contribution in [1.29, 1.82) is 0 Å². The van der Waals surface area contributed by atoms with Gasteiger partial charge in [-0.2, -0.15) is 28.2 Å². The molecule has 0 unspecified atom stereocenters. The summed E-state index contributed by atoms with van der Waals surface area (Å²) < 4.78 is 37.5. The number of hydrogen-bond donors (Lipinski definition) is 3. The second-order valence-electron chi connectivity index (χ2n) is 4.61. The number of nitrogen functional groups attached to an aromatic ring is 1. The first kappa shape index (κ1) is 14.1. The summed E-state index contributed by atoms with van der Waals surface area (Å²) in [5.74, 6) is 0.544. The van der Waals surface area contributed by atoms with Crippen LogP contribution in [0.2, 0.25) is 0 Å². The van der Waals surface area contributed by atoms with Crippen LogP contribution in [0, 0.1) is 0 Å². The number of halogens is 3. The molecule has 2 aromatic heterocycles. The normalized spacial score (nSPS) is 11.8. The Balaban J connectivity index is 1.78. The van der Waals surface area contributed by atoms with Crippen molar-refractivity contribution in [2.75, 3.05) is 11.1 Å². The number of nitrogens with one attached hydrogen (secondary N) is 2. The van der Waals surface area contributed by atoms with Crippen LogP contribution >= 0.6 is 0 Å². The van der Waals surface area contributed by atoms with Gasteiger partial charge in [-0.25, -0.2) is 0 Å². The van der Waals surface area contributed by atoms with Crippen LogP contribution in [-0.4, -0.2) is 20.2 Å². The average molecular weight is 308 g/mol. The predicted molar refractivity (Wildman–Crippen MR) is 74.9 cm³/mol. The molecule has 1 aromatic carbocycles. The summed E-state index contributed by atoms with van der Waals surface area (Å²) in [6.07, 6.45) is -2.79. The number of anilines is 2. The molecule has 6 nitrogen and oxygen atoms in total. The zero-order chi connectivity index (χ0) is 15.7. The molecule has 0 bridgehead atoms. The third-order valence-corrected chi connectivity index (χ3v) is 3.07. The molecule has 0 aliphatic heterocycles. The van der Waals surface area contributed by atoms with Gasteiger partial charge in [0.05, 0.1) is 17.1 Å². The van der Waals surface area contributed by atoms with Gasteiger partial charge in [-0.15, -0.1) is 0 Å². The van der Waals surface area contributed by atoms with Crippen molar-refractivity contribution in [3.05, 3.63) is 41.6 Å². The lowest BCUT2D eigenvalue weighted by atomic mass is 10.1. The number of nitrogens with two attached hydrogens (primary N) is 1. The number of nitrogens with zero attached hydrogens (tertiary/aromatic N) is 3. The third-order valence-electron chi connectivity index (χ3n) is 3.07. The van der Waals surface area contributed by atoms with Gasteiger partial charge in [0.25, 0.3) is 0 Å². The van der Waals surface area contributed by atoms with Gasteiger partial charge in [-0.05, 0) is 17.7 Å². The first-order chi connectivity index (χ1) is 10.4. The van der Waals surface area contributed by atoms with Crippen molar-refractivity contribution in [2.24, 2.45) is 0 Å². The highest BCUT2D eigenvalue weighted by Crippen LogP contribution is 2.29. The van der Waals surface area contributed by atoms with E-state index >= 15 is 0 Å². The number of aromatic nitrogens is 4. The van der Waals surface area contributed by atoms with Crippen molar-refractivity contribution in [3.63, 3.8) is 0 Å². The van der Waals surface area contributed by atoms with E-state index in [0.29, 0.717) is 29.0 Å². The summed E-state index contributed by atoms with van der Waals surface area (Å²) in [5.41, 5.74) is 6.08. The molecule has 9 heteroatoms. The molecule has 3 rings (SSSR count). The van der Waals surface area contributed by atoms with Gasteiger partial charge in [-0.3, -0.25) is 5.10 Å². The molecule has 4 N–H and O–H groups in total. The van der Waals surface area contributed by atoms with Gasteiger partial charge in [-0.1, -0.05) is 12.1 Å². The molecule has 0 aliphatic carbocycles. The predicted octanol–water partition coefficient (Wildman–Crippen LogP) is 2.57. The molecule has 22 heavy (non-hydrogen) atoms. The minimum atomic E-state index is -4.34. The van der Waals surface area contributed by atoms with Gasteiger partial charge in [0.15, 0.2) is 5.65 Å². The van der Waals surface area contributed by atoms with Crippen LogP contribution in [0.4, 0.5) is 24.9 Å². The highest BCUT2D eigenvalue weighted by Gasteiger charge is 2.29. The third kappa shape index (κ3) is 2.78. The molecule has 114 valence electrons. The lowest BCUT2D eigenvalue weighted by Gasteiger charge is -2.09. The molecule has 0 saturated heterocycles. The average Bonchev–Trinajstić information content (AvgIpc) is 2.92. The highest BCUT2D eigenvalue weighted by atomic mass is 19.4. The van der Waals surface area contributed by atoms with Crippen LogP contribution in [0.5, 0.6) is 0 Å². The molecular formula is C13H11F3N6. The number of H-pyrrole nitrogens is 1. The summed E-state index contributed by atoms with van der Waals surface area (Å²) >= 11 is 0. The Hall–Kier alpha value is -2.84. The molecule has 3 aromatic rings. The molecule has 2 heterocycles. The summed E-state index contributed by atoms with van der Waals surface area (Å²) in [4.78, 5) is 8.03. The van der Waals surface area contributed by atoms with Crippen LogP contribution in [0.25, 0.3) is 11.0 Å². The van der Waals surface area contributed by atoms with Gasteiger partial charge >= 0.3 is 6.18 Å². The van der Waals surface area contributed by atoms with E-state index in [4.69, 9.17) is 5.73 Å². The van der Waals surface area contributed by atoms with Crippen molar-refractivity contribution in [1.82, 2.24) is 20.2 Å². The molecule has 0 spiro atoms. The smallest absolute Gasteiger partial charge is 0.368 e. The van der Waals surface area contributed by atoms with Gasteiger partial charge in [0.2, 0.25) is 5.95 Å². The number of rotatable bonds is 3. The van der Waals surface area contributed by atoms with Crippen molar-refractivity contribution in [2.45, 2.75) is 12.7 Å². The minimum Gasteiger partial charge on any atom is -0.368 e.